The van der Waals surface area contributed by atoms with Crippen LogP contribution in [0, 0.1) is 0 Å². The van der Waals surface area contributed by atoms with Crippen LogP contribution in [-0.2, 0) is 25.7 Å². The Morgan fingerprint density at radius 3 is 1.30 bits per heavy atom. The van der Waals surface area contributed by atoms with Crippen LogP contribution in [0.25, 0.3) is 62.6 Å². The quantitative estimate of drug-likeness (QED) is 0.162. The topological polar surface area (TPSA) is 6.48 Å². The van der Waals surface area contributed by atoms with Crippen LogP contribution in [0.1, 0.15) is 47.9 Å². The fraction of sp³-hybridized carbons (Fsp3) is 0.129. The fourth-order valence-electron chi connectivity index (χ4n) is 12.7. The predicted octanol–water partition coefficient (Wildman–Crippen LogP) is 15.6. The molecule has 5 heteroatoms. The fourth-order valence-corrected chi connectivity index (χ4v) is 14.9. The van der Waals surface area contributed by atoms with Crippen LogP contribution in [0.2, 0.25) is 0 Å². The van der Waals surface area contributed by atoms with Gasteiger partial charge in [0.2, 0.25) is 0 Å². The van der Waals surface area contributed by atoms with Crippen molar-refractivity contribution in [2.75, 3.05) is 9.80 Å². The third kappa shape index (κ3) is 5.62. The van der Waals surface area contributed by atoms with Crippen molar-refractivity contribution in [2.24, 2.45) is 0 Å². The van der Waals surface area contributed by atoms with Crippen LogP contribution < -0.4 is 26.2 Å². The van der Waals surface area contributed by atoms with Crippen LogP contribution in [0.4, 0.5) is 34.1 Å². The smallest absolute Gasteiger partial charge is 0.252 e. The lowest BCUT2D eigenvalue weighted by atomic mass is 9.33. The maximum Gasteiger partial charge on any atom is 0.252 e. The standard InChI is InChI=1S/C62H45BN2S2/c1-3-16-38(17-4-1)44-32-30-40-20-7-9-22-42(40)61(44)64-52-26-15-27-53-60(52)63(50-34-48-46-24-11-13-28-56(46)66-58(48)36-54(50)64)51-35-49-47-25-12-14-29-57(47)67-59(49)37-55(51)65(53)62-43-23-10-8-21-41(43)31-33-45(62)39-18-5-2-6-19-39/h1-6,11-19,24-37H,7-10,20-23H2. The molecule has 15 rings (SSSR count). The van der Waals surface area contributed by atoms with Gasteiger partial charge in [-0.05, 0) is 148 Å². The molecule has 2 aromatic heterocycles. The molecule has 318 valence electrons. The first-order valence-corrected chi connectivity index (χ1v) is 25.9. The highest BCUT2D eigenvalue weighted by Gasteiger charge is 2.45. The molecule has 0 amide bonds. The molecule has 0 saturated carbocycles. The van der Waals surface area contributed by atoms with Gasteiger partial charge in [0, 0.05) is 63.4 Å². The maximum atomic E-state index is 2.75. The molecule has 2 aliphatic heterocycles. The highest BCUT2D eigenvalue weighted by atomic mass is 32.1. The van der Waals surface area contributed by atoms with Gasteiger partial charge in [0.1, 0.15) is 0 Å². The van der Waals surface area contributed by atoms with Gasteiger partial charge in [-0.15, -0.1) is 22.7 Å². The predicted molar refractivity (Wildman–Crippen MR) is 290 cm³/mol. The summed E-state index contributed by atoms with van der Waals surface area (Å²) >= 11 is 3.87. The minimum Gasteiger partial charge on any atom is -0.310 e. The molecule has 0 unspecified atom stereocenters. The van der Waals surface area contributed by atoms with Crippen LogP contribution >= 0.6 is 22.7 Å². The summed E-state index contributed by atoms with van der Waals surface area (Å²) in [6, 6.07) is 68.0. The molecule has 0 fully saturated rings. The molecule has 0 radical (unpaired) electrons. The summed E-state index contributed by atoms with van der Waals surface area (Å²) in [5.74, 6) is 0. The van der Waals surface area contributed by atoms with Gasteiger partial charge in [-0.2, -0.15) is 0 Å². The van der Waals surface area contributed by atoms with Gasteiger partial charge in [0.25, 0.3) is 6.71 Å². The molecule has 0 bridgehead atoms. The Labute approximate surface area is 399 Å². The summed E-state index contributed by atoms with van der Waals surface area (Å²) in [6.45, 7) is 0.00857. The summed E-state index contributed by atoms with van der Waals surface area (Å²) in [7, 11) is 0. The zero-order valence-electron chi connectivity index (χ0n) is 37.2. The summed E-state index contributed by atoms with van der Waals surface area (Å²) < 4.78 is 5.37. The molecule has 67 heavy (non-hydrogen) atoms. The van der Waals surface area contributed by atoms with E-state index in [1.165, 1.54) is 161 Å². The molecule has 9 aromatic carbocycles. The number of aryl methyl sites for hydroxylation is 2. The van der Waals surface area contributed by atoms with E-state index in [0.717, 1.165) is 25.7 Å². The molecule has 0 N–H and O–H groups in total. The summed E-state index contributed by atoms with van der Waals surface area (Å²) in [5, 5.41) is 5.40. The number of hydrogen-bond acceptors (Lipinski definition) is 4. The van der Waals surface area contributed by atoms with Crippen LogP contribution in [0.5, 0.6) is 0 Å². The Kier molecular flexibility index (Phi) is 8.44. The Morgan fingerprint density at radius 2 is 0.806 bits per heavy atom. The lowest BCUT2D eigenvalue weighted by Crippen LogP contribution is -2.61. The summed E-state index contributed by atoms with van der Waals surface area (Å²) in [4.78, 5) is 5.50. The van der Waals surface area contributed by atoms with Crippen molar-refractivity contribution < 1.29 is 0 Å². The molecule has 4 aliphatic rings. The number of fused-ring (bicyclic) bond motifs is 12. The third-order valence-corrected chi connectivity index (χ3v) is 17.9. The van der Waals surface area contributed by atoms with Gasteiger partial charge in [0.05, 0.1) is 11.4 Å². The molecule has 4 heterocycles. The Hall–Kier alpha value is -6.92. The van der Waals surface area contributed by atoms with Gasteiger partial charge in [-0.3, -0.25) is 0 Å². The number of rotatable bonds is 4. The van der Waals surface area contributed by atoms with E-state index in [1.54, 1.807) is 0 Å². The van der Waals surface area contributed by atoms with E-state index < -0.39 is 0 Å². The minimum atomic E-state index is 0.00857. The first-order valence-electron chi connectivity index (χ1n) is 24.3. The molecule has 2 aliphatic carbocycles. The van der Waals surface area contributed by atoms with E-state index >= 15 is 0 Å². The molecule has 0 saturated heterocycles. The van der Waals surface area contributed by atoms with E-state index in [9.17, 15) is 0 Å². The van der Waals surface area contributed by atoms with Crippen LogP contribution in [-0.4, -0.2) is 6.71 Å². The number of anilines is 6. The zero-order chi connectivity index (χ0) is 43.7. The molecule has 0 spiro atoms. The lowest BCUT2D eigenvalue weighted by molar-refractivity contribution is 0.686. The number of hydrogen-bond donors (Lipinski definition) is 0. The maximum absolute atomic E-state index is 2.75. The van der Waals surface area contributed by atoms with E-state index in [1.807, 2.05) is 22.7 Å². The van der Waals surface area contributed by atoms with Crippen molar-refractivity contribution in [3.8, 4) is 22.3 Å². The van der Waals surface area contributed by atoms with E-state index in [2.05, 4.69) is 186 Å². The van der Waals surface area contributed by atoms with Gasteiger partial charge in [0.15, 0.2) is 0 Å². The third-order valence-electron chi connectivity index (χ3n) is 15.6. The van der Waals surface area contributed by atoms with Gasteiger partial charge < -0.3 is 9.80 Å². The average Bonchev–Trinajstić information content (AvgIpc) is 3.95. The number of nitrogens with zero attached hydrogens (tertiary/aromatic N) is 2. The first kappa shape index (κ1) is 38.2. The average molecular weight is 893 g/mol. The van der Waals surface area contributed by atoms with E-state index in [-0.39, 0.29) is 6.71 Å². The molecular weight excluding hydrogens is 848 g/mol. The Balaban J connectivity index is 1.11. The summed E-state index contributed by atoms with van der Waals surface area (Å²) in [5.41, 5.74) is 23.3. The number of benzene rings is 9. The normalized spacial score (nSPS) is 14.9. The Morgan fingerprint density at radius 1 is 0.358 bits per heavy atom. The zero-order valence-corrected chi connectivity index (χ0v) is 38.8. The van der Waals surface area contributed by atoms with Crippen molar-refractivity contribution in [1.82, 2.24) is 0 Å². The largest absolute Gasteiger partial charge is 0.310 e. The van der Waals surface area contributed by atoms with Gasteiger partial charge >= 0.3 is 0 Å². The second kappa shape index (κ2) is 14.8. The first-order chi connectivity index (χ1) is 33.2. The van der Waals surface area contributed by atoms with Crippen molar-refractivity contribution in [2.45, 2.75) is 51.4 Å². The van der Waals surface area contributed by atoms with Gasteiger partial charge in [-0.1, -0.05) is 140 Å². The highest BCUT2D eigenvalue weighted by Crippen LogP contribution is 2.53. The van der Waals surface area contributed by atoms with Gasteiger partial charge in [-0.25, -0.2) is 0 Å². The Bertz CT molecular complexity index is 3600. The van der Waals surface area contributed by atoms with Crippen molar-refractivity contribution in [3.05, 3.63) is 198 Å². The van der Waals surface area contributed by atoms with E-state index in [4.69, 9.17) is 0 Å². The second-order valence-corrected chi connectivity index (χ2v) is 21.3. The van der Waals surface area contributed by atoms with Crippen molar-refractivity contribution in [3.63, 3.8) is 0 Å². The lowest BCUT2D eigenvalue weighted by Gasteiger charge is -2.46. The molecule has 2 nitrogen and oxygen atoms in total. The molecule has 11 aromatic rings. The van der Waals surface area contributed by atoms with Crippen molar-refractivity contribution in [1.29, 1.82) is 0 Å². The monoisotopic (exact) mass is 892 g/mol. The number of thiophene rings is 2. The minimum absolute atomic E-state index is 0.00857. The summed E-state index contributed by atoms with van der Waals surface area (Å²) in [6.07, 6.45) is 9.29. The van der Waals surface area contributed by atoms with E-state index in [0.29, 0.717) is 0 Å². The molecule has 0 atom stereocenters. The highest BCUT2D eigenvalue weighted by molar-refractivity contribution is 7.26. The SMILES string of the molecule is c1ccc(-c2ccc3c(c2N2c4cc5sc6ccccc6c5cc4B4c5cc6c(cc5N(c5c(-c7ccccc7)ccc7c5CCCC7)c5cccc2c54)sc2ccccc26)CCCC3)cc1. The second-order valence-electron chi connectivity index (χ2n) is 19.2. The van der Waals surface area contributed by atoms with Crippen LogP contribution in [0.3, 0.4) is 0 Å². The van der Waals surface area contributed by atoms with Crippen LogP contribution in [0.15, 0.2) is 176 Å². The molecular formula is C62H45BN2S2. The van der Waals surface area contributed by atoms with Crippen molar-refractivity contribution >= 4 is 120 Å².